The van der Waals surface area contributed by atoms with Gasteiger partial charge in [0.15, 0.2) is 0 Å². The van der Waals surface area contributed by atoms with E-state index in [2.05, 4.69) is 23.3 Å². The number of benzene rings is 2. The third kappa shape index (κ3) is 2.18. The smallest absolute Gasteiger partial charge is 0.272 e. The summed E-state index contributed by atoms with van der Waals surface area (Å²) in [5, 5.41) is 4.00. The fourth-order valence-corrected chi connectivity index (χ4v) is 2.38. The van der Waals surface area contributed by atoms with Crippen molar-refractivity contribution in [2.24, 2.45) is 0 Å². The number of aromatic amines is 1. The molecular formula is C17H16N2O. The first kappa shape index (κ1) is 12.5. The summed E-state index contributed by atoms with van der Waals surface area (Å²) in [5.74, 6) is -0.109. The molecule has 2 N–H and O–H groups in total. The summed E-state index contributed by atoms with van der Waals surface area (Å²) < 4.78 is 0. The number of rotatable bonds is 2. The molecule has 0 saturated carbocycles. The minimum atomic E-state index is -0.109. The summed E-state index contributed by atoms with van der Waals surface area (Å²) in [6, 6.07) is 15.6. The predicted molar refractivity (Wildman–Crippen MR) is 82.2 cm³/mol. The van der Waals surface area contributed by atoms with Crippen molar-refractivity contribution in [2.45, 2.75) is 13.8 Å². The van der Waals surface area contributed by atoms with E-state index in [0.29, 0.717) is 5.69 Å². The summed E-state index contributed by atoms with van der Waals surface area (Å²) in [5.41, 5.74) is 4.58. The monoisotopic (exact) mass is 264 g/mol. The molecular weight excluding hydrogens is 248 g/mol. The van der Waals surface area contributed by atoms with Crippen molar-refractivity contribution in [3.8, 4) is 0 Å². The van der Waals surface area contributed by atoms with E-state index in [9.17, 15) is 4.79 Å². The molecule has 3 nitrogen and oxygen atoms in total. The highest BCUT2D eigenvalue weighted by molar-refractivity contribution is 6.07. The van der Waals surface area contributed by atoms with Crippen LogP contribution in [0.2, 0.25) is 0 Å². The Balaban J connectivity index is 1.98. The van der Waals surface area contributed by atoms with Crippen LogP contribution in [0.25, 0.3) is 10.9 Å². The summed E-state index contributed by atoms with van der Waals surface area (Å²) in [4.78, 5) is 15.5. The van der Waals surface area contributed by atoms with Gasteiger partial charge in [-0.1, -0.05) is 29.8 Å². The first-order valence-electron chi connectivity index (χ1n) is 6.60. The normalized spacial score (nSPS) is 10.7. The van der Waals surface area contributed by atoms with Crippen molar-refractivity contribution in [2.75, 3.05) is 5.32 Å². The summed E-state index contributed by atoms with van der Waals surface area (Å²) in [7, 11) is 0. The van der Waals surface area contributed by atoms with Gasteiger partial charge in [0.05, 0.1) is 0 Å². The molecule has 0 radical (unpaired) electrons. The number of H-pyrrole nitrogens is 1. The van der Waals surface area contributed by atoms with Gasteiger partial charge in [0.25, 0.3) is 5.91 Å². The fourth-order valence-electron chi connectivity index (χ4n) is 2.38. The van der Waals surface area contributed by atoms with Crippen molar-refractivity contribution in [1.29, 1.82) is 0 Å². The van der Waals surface area contributed by atoms with E-state index in [-0.39, 0.29) is 5.91 Å². The third-order valence-electron chi connectivity index (χ3n) is 3.47. The second-order valence-electron chi connectivity index (χ2n) is 4.99. The van der Waals surface area contributed by atoms with E-state index in [1.807, 2.05) is 49.4 Å². The highest BCUT2D eigenvalue weighted by Gasteiger charge is 2.14. The molecule has 3 aromatic rings. The van der Waals surface area contributed by atoms with Crippen LogP contribution < -0.4 is 5.32 Å². The highest BCUT2D eigenvalue weighted by Crippen LogP contribution is 2.23. The molecule has 0 saturated heterocycles. The van der Waals surface area contributed by atoms with E-state index in [1.54, 1.807) is 0 Å². The lowest BCUT2D eigenvalue weighted by molar-refractivity contribution is 0.102. The van der Waals surface area contributed by atoms with Crippen LogP contribution in [0.4, 0.5) is 5.69 Å². The molecule has 0 spiro atoms. The first-order chi connectivity index (χ1) is 9.65. The second kappa shape index (κ2) is 4.85. The number of hydrogen-bond acceptors (Lipinski definition) is 1. The number of aromatic nitrogens is 1. The number of carbonyl (C=O) groups excluding carboxylic acids is 1. The second-order valence-corrected chi connectivity index (χ2v) is 4.99. The van der Waals surface area contributed by atoms with Gasteiger partial charge in [-0.2, -0.15) is 0 Å². The SMILES string of the molecule is Cc1ccc2[nH]c(C(=O)Nc3ccccc3)c(C)c2c1. The summed E-state index contributed by atoms with van der Waals surface area (Å²) in [6.45, 7) is 4.02. The van der Waals surface area contributed by atoms with Gasteiger partial charge in [0.1, 0.15) is 5.69 Å². The zero-order valence-corrected chi connectivity index (χ0v) is 11.5. The summed E-state index contributed by atoms with van der Waals surface area (Å²) in [6.07, 6.45) is 0. The quantitative estimate of drug-likeness (QED) is 0.721. The standard InChI is InChI=1S/C17H16N2O/c1-11-8-9-15-14(10-11)12(2)16(19-15)17(20)18-13-6-4-3-5-7-13/h3-10,19H,1-2H3,(H,18,20). The van der Waals surface area contributed by atoms with Crippen molar-refractivity contribution >= 4 is 22.5 Å². The molecule has 1 aromatic heterocycles. The van der Waals surface area contributed by atoms with Gasteiger partial charge in [0.2, 0.25) is 0 Å². The van der Waals surface area contributed by atoms with Crippen LogP contribution in [0.3, 0.4) is 0 Å². The van der Waals surface area contributed by atoms with Crippen molar-refractivity contribution in [3.63, 3.8) is 0 Å². The lowest BCUT2D eigenvalue weighted by Gasteiger charge is -2.04. The van der Waals surface area contributed by atoms with Gasteiger partial charge >= 0.3 is 0 Å². The largest absolute Gasteiger partial charge is 0.350 e. The Labute approximate surface area is 117 Å². The number of nitrogens with one attached hydrogen (secondary N) is 2. The van der Waals surface area contributed by atoms with Gasteiger partial charge in [-0.15, -0.1) is 0 Å². The average Bonchev–Trinajstić information content (AvgIpc) is 2.77. The van der Waals surface area contributed by atoms with E-state index < -0.39 is 0 Å². The van der Waals surface area contributed by atoms with E-state index in [1.165, 1.54) is 5.56 Å². The predicted octanol–water partition coefficient (Wildman–Crippen LogP) is 4.04. The maximum Gasteiger partial charge on any atom is 0.272 e. The van der Waals surface area contributed by atoms with E-state index in [0.717, 1.165) is 22.2 Å². The molecule has 0 aliphatic carbocycles. The Bertz CT molecular complexity index is 772. The number of aryl methyl sites for hydroxylation is 2. The fraction of sp³-hybridized carbons (Fsp3) is 0.118. The molecule has 100 valence electrons. The number of fused-ring (bicyclic) bond motifs is 1. The number of anilines is 1. The van der Waals surface area contributed by atoms with Crippen LogP contribution in [-0.4, -0.2) is 10.9 Å². The molecule has 0 unspecified atom stereocenters. The van der Waals surface area contributed by atoms with Crippen LogP contribution in [0.1, 0.15) is 21.6 Å². The Hall–Kier alpha value is -2.55. The van der Waals surface area contributed by atoms with Crippen LogP contribution in [0, 0.1) is 13.8 Å². The molecule has 20 heavy (non-hydrogen) atoms. The maximum absolute atomic E-state index is 12.3. The molecule has 3 rings (SSSR count). The minimum Gasteiger partial charge on any atom is -0.350 e. The minimum absolute atomic E-state index is 0.109. The molecule has 0 atom stereocenters. The lowest BCUT2D eigenvalue weighted by atomic mass is 10.1. The molecule has 1 heterocycles. The van der Waals surface area contributed by atoms with E-state index >= 15 is 0 Å². The number of para-hydroxylation sites is 1. The van der Waals surface area contributed by atoms with Gasteiger partial charge in [-0.3, -0.25) is 4.79 Å². The molecule has 0 aliphatic rings. The molecule has 0 fully saturated rings. The number of amides is 1. The van der Waals surface area contributed by atoms with Crippen molar-refractivity contribution < 1.29 is 4.79 Å². The van der Waals surface area contributed by atoms with Gasteiger partial charge in [-0.05, 0) is 43.7 Å². The molecule has 2 aromatic carbocycles. The zero-order valence-electron chi connectivity index (χ0n) is 11.5. The Morgan fingerprint density at radius 3 is 2.55 bits per heavy atom. The van der Waals surface area contributed by atoms with Crippen LogP contribution in [-0.2, 0) is 0 Å². The van der Waals surface area contributed by atoms with Crippen LogP contribution in [0.5, 0.6) is 0 Å². The molecule has 1 amide bonds. The number of carbonyl (C=O) groups is 1. The van der Waals surface area contributed by atoms with Crippen LogP contribution >= 0.6 is 0 Å². The number of hydrogen-bond donors (Lipinski definition) is 2. The van der Waals surface area contributed by atoms with Crippen LogP contribution in [0.15, 0.2) is 48.5 Å². The topological polar surface area (TPSA) is 44.9 Å². The average molecular weight is 264 g/mol. The molecule has 3 heteroatoms. The first-order valence-corrected chi connectivity index (χ1v) is 6.60. The van der Waals surface area contributed by atoms with Gasteiger partial charge < -0.3 is 10.3 Å². The van der Waals surface area contributed by atoms with Crippen molar-refractivity contribution in [1.82, 2.24) is 4.98 Å². The highest BCUT2D eigenvalue weighted by atomic mass is 16.1. The zero-order chi connectivity index (χ0) is 14.1. The van der Waals surface area contributed by atoms with Gasteiger partial charge in [-0.25, -0.2) is 0 Å². The third-order valence-corrected chi connectivity index (χ3v) is 3.47. The van der Waals surface area contributed by atoms with E-state index in [4.69, 9.17) is 0 Å². The van der Waals surface area contributed by atoms with Crippen molar-refractivity contribution in [3.05, 3.63) is 65.4 Å². The molecule has 0 aliphatic heterocycles. The molecule has 0 bridgehead atoms. The summed E-state index contributed by atoms with van der Waals surface area (Å²) >= 11 is 0. The lowest BCUT2D eigenvalue weighted by Crippen LogP contribution is -2.13. The Morgan fingerprint density at radius 2 is 1.80 bits per heavy atom. The van der Waals surface area contributed by atoms with Gasteiger partial charge in [0, 0.05) is 16.6 Å². The maximum atomic E-state index is 12.3. The Kier molecular flexibility index (Phi) is 3.03. The Morgan fingerprint density at radius 1 is 1.05 bits per heavy atom.